The number of aliphatic hydroxyl groups excluding tert-OH is 1. The molecule has 0 amide bonds. The molecule has 0 bridgehead atoms. The van der Waals surface area contributed by atoms with E-state index in [2.05, 4.69) is 67.1 Å². The molecule has 1 fully saturated rings. The van der Waals surface area contributed by atoms with E-state index in [4.69, 9.17) is 0 Å². The minimum absolute atomic E-state index is 0. The molecule has 2 rings (SSSR count). The van der Waals surface area contributed by atoms with Gasteiger partial charge in [0.05, 0.1) is 0 Å². The molecule has 1 atom stereocenters. The molecule has 1 saturated heterocycles. The third-order valence-electron chi connectivity index (χ3n) is 5.00. The van der Waals surface area contributed by atoms with E-state index in [9.17, 15) is 5.11 Å². The Bertz CT molecular complexity index is 468. The first kappa shape index (κ1) is 21.2. The first-order chi connectivity index (χ1) is 11.0. The Morgan fingerprint density at radius 1 is 1.12 bits per heavy atom. The molecule has 4 nitrogen and oxygen atoms in total. The number of hydrogen-bond donors (Lipinski definition) is 2. The molecule has 1 aliphatic heterocycles. The van der Waals surface area contributed by atoms with Crippen LogP contribution >= 0.6 is 12.4 Å². The van der Waals surface area contributed by atoms with Crippen LogP contribution in [0, 0.1) is 5.41 Å². The van der Waals surface area contributed by atoms with Gasteiger partial charge < -0.3 is 15.3 Å². The van der Waals surface area contributed by atoms with Crippen molar-refractivity contribution in [2.45, 2.75) is 33.7 Å². The van der Waals surface area contributed by atoms with Crippen molar-refractivity contribution in [3.8, 4) is 0 Å². The summed E-state index contributed by atoms with van der Waals surface area (Å²) in [4.78, 5) is 4.87. The third kappa shape index (κ3) is 4.85. The van der Waals surface area contributed by atoms with Gasteiger partial charge in [-0.1, -0.05) is 26.0 Å². The summed E-state index contributed by atoms with van der Waals surface area (Å²) in [5.74, 6) is 0. The molecule has 0 aromatic heterocycles. The molecule has 0 saturated carbocycles. The number of anilines is 1. The molecule has 0 spiro atoms. The summed E-state index contributed by atoms with van der Waals surface area (Å²) in [5.41, 5.74) is 2.43. The molecule has 0 radical (unpaired) electrons. The van der Waals surface area contributed by atoms with Crippen molar-refractivity contribution in [1.29, 1.82) is 0 Å². The summed E-state index contributed by atoms with van der Waals surface area (Å²) in [6, 6.07) is 9.20. The van der Waals surface area contributed by atoms with E-state index in [1.54, 1.807) is 0 Å². The molecule has 1 aliphatic rings. The fourth-order valence-electron chi connectivity index (χ4n) is 3.64. The van der Waals surface area contributed by atoms with E-state index in [1.807, 2.05) is 0 Å². The van der Waals surface area contributed by atoms with Crippen molar-refractivity contribution in [2.75, 3.05) is 50.8 Å². The van der Waals surface area contributed by atoms with Crippen LogP contribution in [-0.2, 0) is 0 Å². The van der Waals surface area contributed by atoms with E-state index in [0.717, 1.165) is 39.3 Å². The second-order valence-electron chi connectivity index (χ2n) is 7.10. The van der Waals surface area contributed by atoms with Gasteiger partial charge in [0, 0.05) is 63.0 Å². The topological polar surface area (TPSA) is 38.7 Å². The lowest BCUT2D eigenvalue weighted by atomic mass is 9.79. The largest absolute Gasteiger partial charge is 0.396 e. The Balaban J connectivity index is 0.00000288. The molecule has 138 valence electrons. The fraction of sp³-hybridized carbons (Fsp3) is 0.684. The second-order valence-corrected chi connectivity index (χ2v) is 7.10. The summed E-state index contributed by atoms with van der Waals surface area (Å²) < 4.78 is 0. The normalized spacial score (nSPS) is 17.2. The highest BCUT2D eigenvalue weighted by molar-refractivity contribution is 5.85. The van der Waals surface area contributed by atoms with Crippen LogP contribution in [-0.4, -0.2) is 55.9 Å². The van der Waals surface area contributed by atoms with Crippen LogP contribution in [0.15, 0.2) is 24.3 Å². The Labute approximate surface area is 153 Å². The van der Waals surface area contributed by atoms with Crippen LogP contribution in [0.2, 0.25) is 0 Å². The third-order valence-corrected chi connectivity index (χ3v) is 5.00. The van der Waals surface area contributed by atoms with Gasteiger partial charge >= 0.3 is 0 Å². The van der Waals surface area contributed by atoms with Crippen molar-refractivity contribution in [2.24, 2.45) is 5.41 Å². The van der Waals surface area contributed by atoms with E-state index < -0.39 is 0 Å². The molecular weight excluding hydrogens is 322 g/mol. The minimum Gasteiger partial charge on any atom is -0.396 e. The molecule has 0 unspecified atom stereocenters. The number of rotatable bonds is 7. The second kappa shape index (κ2) is 9.62. The molecule has 1 aromatic carbocycles. The van der Waals surface area contributed by atoms with Crippen molar-refractivity contribution >= 4 is 18.1 Å². The monoisotopic (exact) mass is 355 g/mol. The molecule has 5 heteroatoms. The lowest BCUT2D eigenvalue weighted by Gasteiger charge is -2.43. The number of hydrogen-bond acceptors (Lipinski definition) is 4. The van der Waals surface area contributed by atoms with Crippen molar-refractivity contribution < 1.29 is 5.11 Å². The van der Waals surface area contributed by atoms with Crippen molar-refractivity contribution in [1.82, 2.24) is 10.2 Å². The van der Waals surface area contributed by atoms with Gasteiger partial charge in [0.15, 0.2) is 0 Å². The molecule has 24 heavy (non-hydrogen) atoms. The van der Waals surface area contributed by atoms with E-state index >= 15 is 0 Å². The summed E-state index contributed by atoms with van der Waals surface area (Å²) in [6.45, 7) is 15.1. The highest BCUT2D eigenvalue weighted by Gasteiger charge is 2.35. The van der Waals surface area contributed by atoms with Gasteiger partial charge in [-0.2, -0.15) is 0 Å². The highest BCUT2D eigenvalue weighted by atomic mass is 35.5. The van der Waals surface area contributed by atoms with Gasteiger partial charge in [0.2, 0.25) is 0 Å². The van der Waals surface area contributed by atoms with Gasteiger partial charge in [0.1, 0.15) is 0 Å². The zero-order chi connectivity index (χ0) is 16.9. The number of piperazine rings is 1. The van der Waals surface area contributed by atoms with Crippen molar-refractivity contribution in [3.05, 3.63) is 29.8 Å². The Morgan fingerprint density at radius 2 is 1.67 bits per heavy atom. The van der Waals surface area contributed by atoms with Gasteiger partial charge in [0.25, 0.3) is 0 Å². The Kier molecular flexibility index (Phi) is 8.51. The standard InChI is InChI=1S/C19H33N3O.ClH/c1-5-21(6-2)17-9-7-16(8-10-17)18(19(3,4)15-23)22-13-11-20-12-14-22;/h7-10,18,20,23H,5-6,11-15H2,1-4H3;1H/t18-;/m1./s1. The predicted octanol–water partition coefficient (Wildman–Crippen LogP) is 2.92. The Morgan fingerprint density at radius 3 is 2.12 bits per heavy atom. The van der Waals surface area contributed by atoms with Crippen molar-refractivity contribution in [3.63, 3.8) is 0 Å². The van der Waals surface area contributed by atoms with Crippen LogP contribution < -0.4 is 10.2 Å². The molecule has 1 aromatic rings. The first-order valence-corrected chi connectivity index (χ1v) is 8.94. The highest BCUT2D eigenvalue weighted by Crippen LogP contribution is 2.38. The van der Waals surface area contributed by atoms with Gasteiger partial charge in [-0.25, -0.2) is 0 Å². The van der Waals surface area contributed by atoms with Gasteiger partial charge in [-0.3, -0.25) is 4.90 Å². The smallest absolute Gasteiger partial charge is 0.0500 e. The maximum Gasteiger partial charge on any atom is 0.0500 e. The number of benzene rings is 1. The average Bonchev–Trinajstić information content (AvgIpc) is 2.58. The maximum absolute atomic E-state index is 9.92. The van der Waals surface area contributed by atoms with Crippen LogP contribution in [0.3, 0.4) is 0 Å². The zero-order valence-corrected chi connectivity index (χ0v) is 16.4. The molecular formula is C19H34ClN3O. The van der Waals surface area contributed by atoms with E-state index in [0.29, 0.717) is 0 Å². The van der Waals surface area contributed by atoms with E-state index in [-0.39, 0.29) is 30.5 Å². The lowest BCUT2D eigenvalue weighted by Crippen LogP contribution is -2.49. The minimum atomic E-state index is -0.159. The van der Waals surface area contributed by atoms with E-state index in [1.165, 1.54) is 11.3 Å². The van der Waals surface area contributed by atoms with Gasteiger partial charge in [-0.15, -0.1) is 12.4 Å². The first-order valence-electron chi connectivity index (χ1n) is 8.94. The average molecular weight is 356 g/mol. The predicted molar refractivity (Wildman–Crippen MR) is 105 cm³/mol. The lowest BCUT2D eigenvalue weighted by molar-refractivity contribution is 0.0305. The number of nitrogens with one attached hydrogen (secondary N) is 1. The number of aliphatic hydroxyl groups is 1. The quantitative estimate of drug-likeness (QED) is 0.788. The summed E-state index contributed by atoms with van der Waals surface area (Å²) >= 11 is 0. The summed E-state index contributed by atoms with van der Waals surface area (Å²) in [5, 5.41) is 13.3. The number of halogens is 1. The summed E-state index contributed by atoms with van der Waals surface area (Å²) in [6.07, 6.45) is 0. The van der Waals surface area contributed by atoms with Gasteiger partial charge in [-0.05, 0) is 31.5 Å². The van der Waals surface area contributed by atoms with Crippen LogP contribution in [0.4, 0.5) is 5.69 Å². The fourth-order valence-corrected chi connectivity index (χ4v) is 3.64. The van der Waals surface area contributed by atoms with Crippen LogP contribution in [0.1, 0.15) is 39.3 Å². The maximum atomic E-state index is 9.92. The summed E-state index contributed by atoms with van der Waals surface area (Å²) in [7, 11) is 0. The SMILES string of the molecule is CCN(CC)c1ccc([C@@H](N2CCNCC2)C(C)(C)CO)cc1.Cl. The molecule has 2 N–H and O–H groups in total. The van der Waals surface area contributed by atoms with Crippen LogP contribution in [0.25, 0.3) is 0 Å². The Hall–Kier alpha value is -0.810. The molecule has 0 aliphatic carbocycles. The zero-order valence-electron chi connectivity index (χ0n) is 15.6. The number of nitrogens with zero attached hydrogens (tertiary/aromatic N) is 2. The van der Waals surface area contributed by atoms with Crippen LogP contribution in [0.5, 0.6) is 0 Å². The molecule has 1 heterocycles.